The van der Waals surface area contributed by atoms with E-state index in [1.807, 2.05) is 6.92 Å². The third kappa shape index (κ3) is 3.67. The van der Waals surface area contributed by atoms with E-state index in [9.17, 15) is 25.5 Å². The van der Waals surface area contributed by atoms with E-state index >= 15 is 0 Å². The van der Waals surface area contributed by atoms with Crippen LogP contribution >= 0.6 is 0 Å². The van der Waals surface area contributed by atoms with Crippen LogP contribution in [-0.2, 0) is 0 Å². The van der Waals surface area contributed by atoms with Crippen LogP contribution in [0.5, 0.6) is 0 Å². The number of hydrogen-bond acceptors (Lipinski definition) is 5. The number of aliphatic hydroxyl groups is 5. The van der Waals surface area contributed by atoms with E-state index in [0.29, 0.717) is 36.5 Å². The molecular formula is C28H48O5. The first-order chi connectivity index (χ1) is 15.3. The van der Waals surface area contributed by atoms with Crippen molar-refractivity contribution in [1.82, 2.24) is 0 Å². The van der Waals surface area contributed by atoms with Crippen LogP contribution in [-0.4, -0.2) is 55.5 Å². The molecule has 3 unspecified atom stereocenters. The summed E-state index contributed by atoms with van der Waals surface area (Å²) in [6.45, 7) is 15.2. The molecule has 0 aromatic carbocycles. The van der Waals surface area contributed by atoms with E-state index in [1.165, 1.54) is 5.57 Å². The van der Waals surface area contributed by atoms with Crippen molar-refractivity contribution in [3.8, 4) is 0 Å². The van der Waals surface area contributed by atoms with Crippen molar-refractivity contribution in [2.24, 2.45) is 46.3 Å². The van der Waals surface area contributed by atoms with E-state index in [2.05, 4.69) is 34.3 Å². The molecule has 0 radical (unpaired) electrons. The normalized spacial score (nSPS) is 52.7. The van der Waals surface area contributed by atoms with Gasteiger partial charge in [0.1, 0.15) is 5.60 Å². The molecule has 33 heavy (non-hydrogen) atoms. The second kappa shape index (κ2) is 8.58. The van der Waals surface area contributed by atoms with Crippen LogP contribution in [0.15, 0.2) is 12.2 Å². The highest BCUT2D eigenvalue weighted by Gasteiger charge is 2.72. The van der Waals surface area contributed by atoms with Gasteiger partial charge in [-0.25, -0.2) is 0 Å². The van der Waals surface area contributed by atoms with Crippen molar-refractivity contribution in [3.05, 3.63) is 12.2 Å². The number of rotatable bonds is 5. The Morgan fingerprint density at radius 3 is 2.27 bits per heavy atom. The number of aliphatic hydroxyl groups excluding tert-OH is 4. The molecule has 0 aromatic rings. The highest BCUT2D eigenvalue weighted by molar-refractivity contribution is 5.21. The average molecular weight is 465 g/mol. The molecular weight excluding hydrogens is 416 g/mol. The predicted octanol–water partition coefficient (Wildman–Crippen LogP) is 3.66. The van der Waals surface area contributed by atoms with Gasteiger partial charge in [0.2, 0.25) is 0 Å². The lowest BCUT2D eigenvalue weighted by Gasteiger charge is -2.67. The van der Waals surface area contributed by atoms with Gasteiger partial charge in [0.15, 0.2) is 0 Å². The maximum Gasteiger partial charge on any atom is 0.101 e. The van der Waals surface area contributed by atoms with Gasteiger partial charge in [-0.3, -0.25) is 0 Å². The minimum Gasteiger partial charge on any atom is -0.393 e. The lowest BCUT2D eigenvalue weighted by molar-refractivity contribution is -0.310. The Labute approximate surface area is 200 Å². The molecule has 190 valence electrons. The summed E-state index contributed by atoms with van der Waals surface area (Å²) < 4.78 is 0. The molecule has 0 heterocycles. The molecule has 0 aliphatic heterocycles. The first-order valence-corrected chi connectivity index (χ1v) is 13.4. The van der Waals surface area contributed by atoms with Crippen LogP contribution in [0.25, 0.3) is 0 Å². The van der Waals surface area contributed by atoms with Crippen LogP contribution < -0.4 is 0 Å². The first kappa shape index (κ1) is 25.6. The molecule has 4 aliphatic rings. The fourth-order valence-electron chi connectivity index (χ4n) is 9.32. The lowest BCUT2D eigenvalue weighted by atomic mass is 9.41. The van der Waals surface area contributed by atoms with Gasteiger partial charge in [0.25, 0.3) is 0 Å². The molecule has 0 bridgehead atoms. The SMILES string of the molecule is C=C(CC[C@@H](C)[C@H]1CCC2C3C[C@@H](O)[C@@]4(O)C[C@@H](O)C[C@@H](O)[C@]4(C)C3[C@H](O)C[C@@]21C)C(C)C. The van der Waals surface area contributed by atoms with Crippen molar-refractivity contribution in [1.29, 1.82) is 0 Å². The monoisotopic (exact) mass is 464 g/mol. The molecule has 12 atom stereocenters. The largest absolute Gasteiger partial charge is 0.393 e. The molecule has 5 heteroatoms. The molecule has 4 rings (SSSR count). The van der Waals surface area contributed by atoms with Gasteiger partial charge in [0, 0.05) is 11.8 Å². The topological polar surface area (TPSA) is 101 Å². The summed E-state index contributed by atoms with van der Waals surface area (Å²) in [6, 6.07) is 0. The molecule has 0 aromatic heterocycles. The molecule has 0 spiro atoms. The number of allylic oxidation sites excluding steroid dienone is 1. The van der Waals surface area contributed by atoms with Crippen LogP contribution in [0.4, 0.5) is 0 Å². The quantitative estimate of drug-likeness (QED) is 0.400. The Morgan fingerprint density at radius 1 is 0.970 bits per heavy atom. The van der Waals surface area contributed by atoms with Gasteiger partial charge in [-0.1, -0.05) is 46.8 Å². The van der Waals surface area contributed by atoms with Crippen LogP contribution in [0.2, 0.25) is 0 Å². The minimum atomic E-state index is -1.58. The van der Waals surface area contributed by atoms with Crippen LogP contribution in [0.3, 0.4) is 0 Å². The van der Waals surface area contributed by atoms with Crippen molar-refractivity contribution in [2.75, 3.05) is 0 Å². The van der Waals surface area contributed by atoms with Crippen LogP contribution in [0, 0.1) is 46.3 Å². The number of hydrogen-bond donors (Lipinski definition) is 5. The zero-order valence-electron chi connectivity index (χ0n) is 21.4. The summed E-state index contributed by atoms with van der Waals surface area (Å²) >= 11 is 0. The lowest BCUT2D eigenvalue weighted by Crippen LogP contribution is -2.74. The highest BCUT2D eigenvalue weighted by atomic mass is 16.4. The predicted molar refractivity (Wildman–Crippen MR) is 129 cm³/mol. The van der Waals surface area contributed by atoms with E-state index in [0.717, 1.165) is 25.7 Å². The van der Waals surface area contributed by atoms with Gasteiger partial charge in [0.05, 0.1) is 24.4 Å². The smallest absolute Gasteiger partial charge is 0.101 e. The summed E-state index contributed by atoms with van der Waals surface area (Å²) in [5.41, 5.74) is -1.32. The van der Waals surface area contributed by atoms with Gasteiger partial charge >= 0.3 is 0 Å². The summed E-state index contributed by atoms with van der Waals surface area (Å²) in [7, 11) is 0. The molecule has 4 fully saturated rings. The Bertz CT molecular complexity index is 753. The standard InChI is InChI=1S/C28H48O5/c1-15(2)16(3)7-8-17(4)20-9-10-21-19-12-24(32)28(33)13-18(29)11-23(31)27(28,6)25(19)22(30)14-26(20,21)5/h15,17-25,29-33H,3,7-14H2,1-2,4-6H3/t17-,18+,19?,20-,21?,22-,23-,24-,25?,26-,27-,28+/m1/s1. The fraction of sp³-hybridized carbons (Fsp3) is 0.929. The molecule has 5 N–H and O–H groups in total. The first-order valence-electron chi connectivity index (χ1n) is 13.4. The maximum atomic E-state index is 11.6. The zero-order chi connectivity index (χ0) is 24.5. The van der Waals surface area contributed by atoms with Gasteiger partial charge in [-0.05, 0) is 85.9 Å². The molecule has 4 aliphatic carbocycles. The summed E-state index contributed by atoms with van der Waals surface area (Å²) in [5.74, 6) is 1.71. The van der Waals surface area contributed by atoms with E-state index < -0.39 is 35.4 Å². The Hall–Kier alpha value is -0.460. The minimum absolute atomic E-state index is 0.0101. The Morgan fingerprint density at radius 2 is 1.64 bits per heavy atom. The molecule has 0 amide bonds. The van der Waals surface area contributed by atoms with E-state index in [-0.39, 0.29) is 30.1 Å². The van der Waals surface area contributed by atoms with Gasteiger partial charge < -0.3 is 25.5 Å². The molecule has 0 saturated heterocycles. The molecule has 4 saturated carbocycles. The second-order valence-corrected chi connectivity index (χ2v) is 13.2. The third-order valence-corrected chi connectivity index (χ3v) is 11.4. The van der Waals surface area contributed by atoms with Crippen molar-refractivity contribution < 1.29 is 25.5 Å². The third-order valence-electron chi connectivity index (χ3n) is 11.4. The Balaban J connectivity index is 1.61. The Kier molecular flexibility index (Phi) is 6.67. The van der Waals surface area contributed by atoms with Gasteiger partial charge in [-0.15, -0.1) is 0 Å². The number of fused-ring (bicyclic) bond motifs is 5. The summed E-state index contributed by atoms with van der Waals surface area (Å²) in [6.07, 6.45) is 2.27. The van der Waals surface area contributed by atoms with Crippen molar-refractivity contribution in [3.63, 3.8) is 0 Å². The average Bonchev–Trinajstić information content (AvgIpc) is 3.05. The summed E-state index contributed by atoms with van der Waals surface area (Å²) in [4.78, 5) is 0. The van der Waals surface area contributed by atoms with Crippen molar-refractivity contribution >= 4 is 0 Å². The van der Waals surface area contributed by atoms with Crippen LogP contribution in [0.1, 0.15) is 86.0 Å². The summed E-state index contributed by atoms with van der Waals surface area (Å²) in [5, 5.41) is 55.9. The second-order valence-electron chi connectivity index (χ2n) is 13.2. The molecule has 5 nitrogen and oxygen atoms in total. The van der Waals surface area contributed by atoms with Crippen molar-refractivity contribution in [2.45, 2.75) is 116 Å². The van der Waals surface area contributed by atoms with E-state index in [1.54, 1.807) is 0 Å². The fourth-order valence-corrected chi connectivity index (χ4v) is 9.32. The highest BCUT2D eigenvalue weighted by Crippen LogP contribution is 2.69. The zero-order valence-corrected chi connectivity index (χ0v) is 21.4. The van der Waals surface area contributed by atoms with Gasteiger partial charge in [-0.2, -0.15) is 0 Å². The maximum absolute atomic E-state index is 11.6. The van der Waals surface area contributed by atoms with E-state index in [4.69, 9.17) is 0 Å².